The summed E-state index contributed by atoms with van der Waals surface area (Å²) in [5, 5.41) is 11.5. The lowest BCUT2D eigenvalue weighted by Crippen LogP contribution is -2.32. The summed E-state index contributed by atoms with van der Waals surface area (Å²) in [4.78, 5) is 22.7. The van der Waals surface area contributed by atoms with Crippen LogP contribution in [0.15, 0.2) is 12.1 Å². The summed E-state index contributed by atoms with van der Waals surface area (Å²) in [6.07, 6.45) is 0. The van der Waals surface area contributed by atoms with Gasteiger partial charge in [-0.15, -0.1) is 0 Å². The number of aliphatic carboxylic acids is 1. The fraction of sp³-hybridized carbons (Fsp3) is 0.500. The molecule has 0 aromatic heterocycles. The molecule has 0 fully saturated rings. The molecule has 1 aromatic carbocycles. The maximum Gasteiger partial charge on any atom is 0.341 e. The van der Waals surface area contributed by atoms with Crippen LogP contribution in [0.25, 0.3) is 0 Å². The van der Waals surface area contributed by atoms with Crippen molar-refractivity contribution in [2.45, 2.75) is 34.6 Å². The zero-order chi connectivity index (χ0) is 16.2. The number of aryl methyl sites for hydroxylation is 2. The number of carbonyl (C=O) groups is 2. The molecule has 0 atom stereocenters. The fourth-order valence-corrected chi connectivity index (χ4v) is 1.89. The van der Waals surface area contributed by atoms with Crippen LogP contribution in [0.3, 0.4) is 0 Å². The first-order chi connectivity index (χ1) is 9.60. The second kappa shape index (κ2) is 6.61. The molecule has 0 aliphatic carbocycles. The predicted molar refractivity (Wildman–Crippen MR) is 80.8 cm³/mol. The Kier molecular flexibility index (Phi) is 5.35. The third-order valence-electron chi connectivity index (χ3n) is 2.84. The van der Waals surface area contributed by atoms with E-state index in [-0.39, 0.29) is 11.3 Å². The monoisotopic (exact) mass is 293 g/mol. The largest absolute Gasteiger partial charge is 0.481 e. The van der Waals surface area contributed by atoms with E-state index in [4.69, 9.17) is 9.84 Å². The Morgan fingerprint density at radius 3 is 2.14 bits per heavy atom. The molecule has 116 valence electrons. The number of rotatable bonds is 5. The summed E-state index contributed by atoms with van der Waals surface area (Å²) in [5.41, 5.74) is 2.07. The van der Waals surface area contributed by atoms with E-state index in [1.165, 1.54) is 0 Å². The van der Waals surface area contributed by atoms with E-state index in [0.717, 1.165) is 11.1 Å². The summed E-state index contributed by atoms with van der Waals surface area (Å²) in [6, 6.07) is 3.42. The number of carbonyl (C=O) groups excluding carboxylic acids is 1. The molecule has 21 heavy (non-hydrogen) atoms. The molecule has 1 amide bonds. The molecule has 0 aliphatic heterocycles. The summed E-state index contributed by atoms with van der Waals surface area (Å²) < 4.78 is 5.25. The van der Waals surface area contributed by atoms with Gasteiger partial charge in [0.25, 0.3) is 5.91 Å². The Morgan fingerprint density at radius 1 is 1.19 bits per heavy atom. The molecular weight excluding hydrogens is 270 g/mol. The predicted octanol–water partition coefficient (Wildman–Crippen LogP) is 2.54. The van der Waals surface area contributed by atoms with Crippen molar-refractivity contribution in [1.82, 2.24) is 5.32 Å². The van der Waals surface area contributed by atoms with Crippen LogP contribution in [-0.2, 0) is 4.79 Å². The van der Waals surface area contributed by atoms with E-state index < -0.39 is 12.6 Å². The number of carboxylic acids is 1. The van der Waals surface area contributed by atoms with Crippen LogP contribution < -0.4 is 10.1 Å². The maximum atomic E-state index is 12.1. The van der Waals surface area contributed by atoms with E-state index in [9.17, 15) is 9.59 Å². The molecule has 0 unspecified atom stereocenters. The van der Waals surface area contributed by atoms with Crippen molar-refractivity contribution >= 4 is 11.9 Å². The van der Waals surface area contributed by atoms with Crippen molar-refractivity contribution in [3.05, 3.63) is 28.8 Å². The zero-order valence-electron chi connectivity index (χ0n) is 13.2. The molecule has 2 N–H and O–H groups in total. The quantitative estimate of drug-likeness (QED) is 0.874. The van der Waals surface area contributed by atoms with Crippen molar-refractivity contribution in [2.75, 3.05) is 13.2 Å². The lowest BCUT2D eigenvalue weighted by molar-refractivity contribution is -0.139. The van der Waals surface area contributed by atoms with E-state index in [0.29, 0.717) is 17.9 Å². The Bertz CT molecular complexity index is 521. The minimum atomic E-state index is -1.03. The van der Waals surface area contributed by atoms with Crippen LogP contribution in [0.1, 0.15) is 42.3 Å². The molecule has 0 saturated carbocycles. The summed E-state index contributed by atoms with van der Waals surface area (Å²) in [6.45, 7) is 9.93. The van der Waals surface area contributed by atoms with Crippen molar-refractivity contribution < 1.29 is 19.4 Å². The topological polar surface area (TPSA) is 75.6 Å². The van der Waals surface area contributed by atoms with Gasteiger partial charge in [-0.25, -0.2) is 4.79 Å². The molecule has 0 heterocycles. The lowest BCUT2D eigenvalue weighted by Gasteiger charge is -2.19. The van der Waals surface area contributed by atoms with Gasteiger partial charge in [0.1, 0.15) is 5.75 Å². The van der Waals surface area contributed by atoms with Gasteiger partial charge in [-0.05, 0) is 42.5 Å². The van der Waals surface area contributed by atoms with Gasteiger partial charge in [-0.3, -0.25) is 4.79 Å². The molecule has 0 bridgehead atoms. The number of nitrogens with one attached hydrogen (secondary N) is 1. The first-order valence-electron chi connectivity index (χ1n) is 6.84. The Labute approximate surface area is 125 Å². The van der Waals surface area contributed by atoms with Crippen LogP contribution >= 0.6 is 0 Å². The molecule has 5 nitrogen and oxygen atoms in total. The van der Waals surface area contributed by atoms with Crippen molar-refractivity contribution in [3.8, 4) is 5.75 Å². The third kappa shape index (κ3) is 5.45. The minimum absolute atomic E-state index is 0.0181. The van der Waals surface area contributed by atoms with Crippen molar-refractivity contribution in [3.63, 3.8) is 0 Å². The molecule has 1 aromatic rings. The third-order valence-corrected chi connectivity index (χ3v) is 2.84. The van der Waals surface area contributed by atoms with Crippen molar-refractivity contribution in [1.29, 1.82) is 0 Å². The van der Waals surface area contributed by atoms with Crippen molar-refractivity contribution in [2.24, 2.45) is 5.41 Å². The normalized spacial score (nSPS) is 11.1. The van der Waals surface area contributed by atoms with Gasteiger partial charge in [-0.1, -0.05) is 20.8 Å². The molecule has 1 rings (SSSR count). The average Bonchev–Trinajstić information content (AvgIpc) is 2.33. The van der Waals surface area contributed by atoms with E-state index in [1.807, 2.05) is 20.8 Å². The van der Waals surface area contributed by atoms with Crippen LogP contribution in [0.4, 0.5) is 0 Å². The first-order valence-corrected chi connectivity index (χ1v) is 6.84. The van der Waals surface area contributed by atoms with Gasteiger partial charge < -0.3 is 15.2 Å². The number of hydrogen-bond acceptors (Lipinski definition) is 3. The molecule has 5 heteroatoms. The second-order valence-corrected chi connectivity index (χ2v) is 6.36. The highest BCUT2D eigenvalue weighted by molar-refractivity contribution is 5.95. The zero-order valence-corrected chi connectivity index (χ0v) is 13.2. The standard InChI is InChI=1S/C16H23NO4/c1-10-6-12(15(20)17-9-16(3,4)5)7-11(2)14(10)21-8-13(18)19/h6-7H,8-9H2,1-5H3,(H,17,20)(H,18,19). The maximum absolute atomic E-state index is 12.1. The first kappa shape index (κ1) is 17.0. The number of amides is 1. The summed E-state index contributed by atoms with van der Waals surface area (Å²) in [5.74, 6) is -0.647. The van der Waals surface area contributed by atoms with Gasteiger partial charge in [-0.2, -0.15) is 0 Å². The Morgan fingerprint density at radius 2 is 1.71 bits per heavy atom. The highest BCUT2D eigenvalue weighted by Crippen LogP contribution is 2.25. The van der Waals surface area contributed by atoms with Crippen LogP contribution in [0.5, 0.6) is 5.75 Å². The van der Waals surface area contributed by atoms with E-state index in [1.54, 1.807) is 26.0 Å². The Balaban J connectivity index is 2.87. The smallest absolute Gasteiger partial charge is 0.341 e. The van der Waals surface area contributed by atoms with Crippen LogP contribution in [0, 0.1) is 19.3 Å². The van der Waals surface area contributed by atoms with Gasteiger partial charge in [0, 0.05) is 12.1 Å². The molecule has 0 aliphatic rings. The number of carboxylic acid groups (broad SMARTS) is 1. The average molecular weight is 293 g/mol. The number of benzene rings is 1. The van der Waals surface area contributed by atoms with Crippen LogP contribution in [0.2, 0.25) is 0 Å². The minimum Gasteiger partial charge on any atom is -0.481 e. The molecule has 0 saturated heterocycles. The fourth-order valence-electron chi connectivity index (χ4n) is 1.89. The van der Waals surface area contributed by atoms with Crippen LogP contribution in [-0.4, -0.2) is 30.1 Å². The highest BCUT2D eigenvalue weighted by atomic mass is 16.5. The highest BCUT2D eigenvalue weighted by Gasteiger charge is 2.15. The van der Waals surface area contributed by atoms with E-state index in [2.05, 4.69) is 5.32 Å². The van der Waals surface area contributed by atoms with Gasteiger partial charge in [0.2, 0.25) is 0 Å². The number of hydrogen-bond donors (Lipinski definition) is 2. The molecule has 0 spiro atoms. The van der Waals surface area contributed by atoms with Gasteiger partial charge in [0.05, 0.1) is 0 Å². The SMILES string of the molecule is Cc1cc(C(=O)NCC(C)(C)C)cc(C)c1OCC(=O)O. The number of ether oxygens (including phenoxy) is 1. The Hall–Kier alpha value is -2.04. The second-order valence-electron chi connectivity index (χ2n) is 6.36. The summed E-state index contributed by atoms with van der Waals surface area (Å²) in [7, 11) is 0. The molecular formula is C16H23NO4. The summed E-state index contributed by atoms with van der Waals surface area (Å²) >= 11 is 0. The molecule has 0 radical (unpaired) electrons. The van der Waals surface area contributed by atoms with E-state index >= 15 is 0 Å². The van der Waals surface area contributed by atoms with Gasteiger partial charge in [0.15, 0.2) is 6.61 Å². The van der Waals surface area contributed by atoms with Gasteiger partial charge >= 0.3 is 5.97 Å². The lowest BCUT2D eigenvalue weighted by atomic mass is 9.96.